The number of amides is 1. The number of halogens is 4. The third kappa shape index (κ3) is 8.48. The lowest BCUT2D eigenvalue weighted by Gasteiger charge is -2.35. The molecular weight excluding hydrogens is 474 g/mol. The number of hydrogen-bond donors (Lipinski definition) is 1. The van der Waals surface area contributed by atoms with E-state index in [1.165, 1.54) is 18.1 Å². The maximum Gasteiger partial charge on any atom is 0.416 e. The normalized spacial score (nSPS) is 15.0. The molecule has 0 bridgehead atoms. The van der Waals surface area contributed by atoms with Crippen LogP contribution < -0.4 is 0 Å². The first-order chi connectivity index (χ1) is 17.0. The van der Waals surface area contributed by atoms with Gasteiger partial charge in [-0.1, -0.05) is 38.0 Å². The fraction of sp³-hybridized carbons (Fsp3) is 0.407. The van der Waals surface area contributed by atoms with Gasteiger partial charge in [0.25, 0.3) is 0 Å². The Labute approximate surface area is 209 Å². The molecule has 5 nitrogen and oxygen atoms in total. The van der Waals surface area contributed by atoms with Gasteiger partial charge in [-0.3, -0.25) is 15.2 Å². The van der Waals surface area contributed by atoms with E-state index in [1.54, 1.807) is 18.2 Å². The molecule has 0 atom stereocenters. The average Bonchev–Trinajstić information content (AvgIpc) is 2.84. The molecule has 0 aliphatic carbocycles. The maximum atomic E-state index is 13.4. The Kier molecular flexibility index (Phi) is 10.6. The van der Waals surface area contributed by atoms with E-state index in [0.29, 0.717) is 42.0 Å². The van der Waals surface area contributed by atoms with Crippen LogP contribution in [0, 0.1) is 11.3 Å². The first-order valence-corrected chi connectivity index (χ1v) is 11.6. The highest BCUT2D eigenvalue weighted by molar-refractivity contribution is 5.75. The number of hydrogen-bond acceptors (Lipinski definition) is 4. The second kappa shape index (κ2) is 13.2. The molecule has 1 amide bonds. The van der Waals surface area contributed by atoms with Crippen molar-refractivity contribution in [1.29, 1.82) is 5.41 Å². The molecule has 1 N–H and O–H groups in total. The Morgan fingerprint density at radius 1 is 1.25 bits per heavy atom. The molecule has 0 saturated carbocycles. The zero-order chi connectivity index (χ0) is 26.9. The van der Waals surface area contributed by atoms with Crippen LogP contribution in [0.15, 0.2) is 61.9 Å². The van der Waals surface area contributed by atoms with E-state index in [1.807, 2.05) is 0 Å². The van der Waals surface area contributed by atoms with E-state index < -0.39 is 23.8 Å². The predicted molar refractivity (Wildman–Crippen MR) is 134 cm³/mol. The first kappa shape index (κ1) is 29.0. The lowest BCUT2D eigenvalue weighted by Crippen LogP contribution is -2.40. The number of rotatable bonds is 11. The van der Waals surface area contributed by atoms with Crippen LogP contribution in [-0.2, 0) is 17.5 Å². The van der Waals surface area contributed by atoms with E-state index >= 15 is 0 Å². The zero-order valence-corrected chi connectivity index (χ0v) is 20.5. The molecule has 1 aromatic carbocycles. The van der Waals surface area contributed by atoms with Gasteiger partial charge in [0, 0.05) is 25.2 Å². The van der Waals surface area contributed by atoms with Crippen LogP contribution in [0.3, 0.4) is 0 Å². The Balaban J connectivity index is 2.12. The van der Waals surface area contributed by atoms with Crippen molar-refractivity contribution in [3.05, 3.63) is 78.6 Å². The summed E-state index contributed by atoms with van der Waals surface area (Å²) in [7, 11) is 1.30. The average molecular weight is 508 g/mol. The fourth-order valence-corrected chi connectivity index (χ4v) is 4.16. The van der Waals surface area contributed by atoms with Gasteiger partial charge >= 0.3 is 12.3 Å². The van der Waals surface area contributed by atoms with Gasteiger partial charge in [-0.05, 0) is 73.2 Å². The van der Waals surface area contributed by atoms with E-state index in [9.17, 15) is 22.4 Å². The smallest absolute Gasteiger partial charge is 0.416 e. The minimum Gasteiger partial charge on any atom is -0.452 e. The predicted octanol–water partition coefficient (Wildman–Crippen LogP) is 6.98. The molecule has 1 aromatic rings. The van der Waals surface area contributed by atoms with E-state index in [0.717, 1.165) is 25.0 Å². The molecular formula is C27H33F4N3O2. The highest BCUT2D eigenvalue weighted by atomic mass is 19.4. The van der Waals surface area contributed by atoms with Crippen molar-refractivity contribution in [3.63, 3.8) is 0 Å². The second-order valence-corrected chi connectivity index (χ2v) is 8.76. The van der Waals surface area contributed by atoms with Gasteiger partial charge in [0.2, 0.25) is 0 Å². The van der Waals surface area contributed by atoms with Gasteiger partial charge in [0.15, 0.2) is 5.97 Å². The SMILES string of the molecule is C=C/C=C\C(=C)N(CC1CCN(Cc2cc(C(F)(F)F)ccc2C(=C)CCC(=N)F)CC1)C(=O)OC. The molecule has 0 unspecified atom stereocenters. The van der Waals surface area contributed by atoms with Crippen molar-refractivity contribution in [3.8, 4) is 0 Å². The van der Waals surface area contributed by atoms with Crippen LogP contribution in [0.5, 0.6) is 0 Å². The number of nitrogens with zero attached hydrogens (tertiary/aromatic N) is 2. The molecule has 1 aliphatic rings. The Hall–Kier alpha value is -3.20. The number of alkyl halides is 3. The van der Waals surface area contributed by atoms with Crippen LogP contribution in [-0.4, -0.2) is 48.6 Å². The third-order valence-electron chi connectivity index (χ3n) is 6.17. The number of methoxy groups -OCH3 is 1. The Morgan fingerprint density at radius 2 is 1.92 bits per heavy atom. The summed E-state index contributed by atoms with van der Waals surface area (Å²) in [5.74, 6) is -0.823. The number of allylic oxidation sites excluding steroid dienone is 4. The number of piperidine rings is 1. The number of likely N-dealkylation sites (tertiary alicyclic amines) is 1. The number of nitrogens with one attached hydrogen (secondary N) is 1. The molecule has 196 valence electrons. The number of carbonyl (C=O) groups is 1. The zero-order valence-electron chi connectivity index (χ0n) is 20.5. The van der Waals surface area contributed by atoms with E-state index in [2.05, 4.69) is 24.6 Å². The van der Waals surface area contributed by atoms with Crippen LogP contribution >= 0.6 is 0 Å². The van der Waals surface area contributed by atoms with Crippen LogP contribution in [0.1, 0.15) is 42.4 Å². The third-order valence-corrected chi connectivity index (χ3v) is 6.17. The highest BCUT2D eigenvalue weighted by Gasteiger charge is 2.32. The fourth-order valence-electron chi connectivity index (χ4n) is 4.16. The first-order valence-electron chi connectivity index (χ1n) is 11.6. The maximum absolute atomic E-state index is 13.4. The van der Waals surface area contributed by atoms with Gasteiger partial charge < -0.3 is 4.74 Å². The molecule has 2 rings (SSSR count). The summed E-state index contributed by atoms with van der Waals surface area (Å²) >= 11 is 0. The second-order valence-electron chi connectivity index (χ2n) is 8.76. The summed E-state index contributed by atoms with van der Waals surface area (Å²) in [5, 5.41) is 6.98. The topological polar surface area (TPSA) is 56.6 Å². The minimum atomic E-state index is -4.48. The minimum absolute atomic E-state index is 0.144. The Bertz CT molecular complexity index is 1010. The van der Waals surface area contributed by atoms with Gasteiger partial charge in [0.05, 0.1) is 12.7 Å². The number of carbonyl (C=O) groups excluding carboxylic acids is 1. The molecule has 1 saturated heterocycles. The van der Waals surface area contributed by atoms with Gasteiger partial charge in [-0.25, -0.2) is 4.79 Å². The van der Waals surface area contributed by atoms with Crippen LogP contribution in [0.4, 0.5) is 22.4 Å². The molecule has 0 aromatic heterocycles. The van der Waals surface area contributed by atoms with Crippen molar-refractivity contribution in [2.75, 3.05) is 26.7 Å². The van der Waals surface area contributed by atoms with Crippen LogP contribution in [0.2, 0.25) is 0 Å². The van der Waals surface area contributed by atoms with Crippen LogP contribution in [0.25, 0.3) is 5.57 Å². The lowest BCUT2D eigenvalue weighted by atomic mass is 9.93. The van der Waals surface area contributed by atoms with Gasteiger partial charge in [0.1, 0.15) is 0 Å². The summed E-state index contributed by atoms with van der Waals surface area (Å²) < 4.78 is 57.9. The molecule has 36 heavy (non-hydrogen) atoms. The van der Waals surface area contributed by atoms with E-state index in [4.69, 9.17) is 10.1 Å². The molecule has 1 heterocycles. The van der Waals surface area contributed by atoms with Crippen molar-refractivity contribution in [2.45, 2.75) is 38.4 Å². The monoisotopic (exact) mass is 507 g/mol. The molecule has 0 radical (unpaired) electrons. The molecule has 9 heteroatoms. The Morgan fingerprint density at radius 3 is 2.47 bits per heavy atom. The number of benzene rings is 1. The lowest BCUT2D eigenvalue weighted by molar-refractivity contribution is -0.137. The molecule has 1 fully saturated rings. The summed E-state index contributed by atoms with van der Waals surface area (Å²) in [6.45, 7) is 13.4. The highest BCUT2D eigenvalue weighted by Crippen LogP contribution is 2.34. The van der Waals surface area contributed by atoms with Crippen molar-refractivity contribution < 1.29 is 27.1 Å². The quantitative estimate of drug-likeness (QED) is 0.200. The summed E-state index contributed by atoms with van der Waals surface area (Å²) in [6.07, 6.45) is 1.42. The van der Waals surface area contributed by atoms with Crippen molar-refractivity contribution in [1.82, 2.24) is 9.80 Å². The van der Waals surface area contributed by atoms with Crippen molar-refractivity contribution in [2.24, 2.45) is 5.92 Å². The largest absolute Gasteiger partial charge is 0.452 e. The molecule has 1 aliphatic heterocycles. The van der Waals surface area contributed by atoms with Gasteiger partial charge in [-0.15, -0.1) is 0 Å². The van der Waals surface area contributed by atoms with E-state index in [-0.39, 0.29) is 25.3 Å². The molecule has 0 spiro atoms. The number of ether oxygens (including phenoxy) is 1. The standard InChI is InChI=1S/C27H33F4N3O2/c1-5-6-7-20(3)34(26(35)36-4)17-21-12-14-33(15-13-21)18-22-16-23(27(29,30)31)9-10-24(22)19(2)8-11-25(28)32/h5-7,9-10,16,21,32H,1-3,8,11-15,17-18H2,4H3/b7-6-,32-25?. The summed E-state index contributed by atoms with van der Waals surface area (Å²) in [6, 6.07) is 3.51. The summed E-state index contributed by atoms with van der Waals surface area (Å²) in [5.41, 5.74) is 1.25. The summed E-state index contributed by atoms with van der Waals surface area (Å²) in [4.78, 5) is 15.8. The van der Waals surface area contributed by atoms with Crippen molar-refractivity contribution >= 4 is 17.6 Å². The van der Waals surface area contributed by atoms with Gasteiger partial charge in [-0.2, -0.15) is 17.6 Å².